The monoisotopic (exact) mass is 388 g/mol. The number of thioether (sulfide) groups is 1. The van der Waals surface area contributed by atoms with Gasteiger partial charge in [-0.15, -0.1) is 11.8 Å². The second kappa shape index (κ2) is 10.4. The molecular weight excluding hydrogens is 363 g/mol. The minimum atomic E-state index is -0.253. The molecule has 1 fully saturated rings. The molecule has 0 aliphatic carbocycles. The normalized spacial score (nSPS) is 16.0. The summed E-state index contributed by atoms with van der Waals surface area (Å²) in [5, 5.41) is 3.03. The molecule has 1 aliphatic rings. The molecule has 1 saturated heterocycles. The fourth-order valence-corrected chi connectivity index (χ4v) is 4.01. The Morgan fingerprint density at radius 2 is 1.93 bits per heavy atom. The highest BCUT2D eigenvalue weighted by atomic mass is 32.2. The molecule has 4 nitrogen and oxygen atoms in total. The third-order valence-corrected chi connectivity index (χ3v) is 5.57. The van der Waals surface area contributed by atoms with Crippen LogP contribution in [0.15, 0.2) is 59.5 Å². The number of halogens is 1. The number of benzene rings is 2. The van der Waals surface area contributed by atoms with Crippen LogP contribution >= 0.6 is 11.8 Å². The first kappa shape index (κ1) is 19.9. The fourth-order valence-electron chi connectivity index (χ4n) is 3.14. The van der Waals surface area contributed by atoms with Gasteiger partial charge in [0.15, 0.2) is 0 Å². The van der Waals surface area contributed by atoms with Gasteiger partial charge in [0.1, 0.15) is 5.82 Å². The Morgan fingerprint density at radius 1 is 1.15 bits per heavy atom. The second-order valence-corrected chi connectivity index (χ2v) is 7.60. The predicted octanol–water partition coefficient (Wildman–Crippen LogP) is 3.50. The van der Waals surface area contributed by atoms with Gasteiger partial charge >= 0.3 is 0 Å². The van der Waals surface area contributed by atoms with Crippen molar-refractivity contribution in [1.29, 1.82) is 0 Å². The summed E-state index contributed by atoms with van der Waals surface area (Å²) >= 11 is 1.67. The van der Waals surface area contributed by atoms with Crippen LogP contribution in [-0.2, 0) is 9.53 Å². The SMILES string of the molecule is O=C(CCSc1ccccc1)NCC(c1cccc(F)c1)N1CCOCC1. The molecular formula is C21H25FN2O2S. The number of amides is 1. The van der Waals surface area contributed by atoms with Crippen molar-refractivity contribution in [3.05, 3.63) is 66.0 Å². The molecule has 2 aromatic carbocycles. The van der Waals surface area contributed by atoms with Crippen LogP contribution in [0.3, 0.4) is 0 Å². The van der Waals surface area contributed by atoms with E-state index in [2.05, 4.69) is 10.2 Å². The maximum absolute atomic E-state index is 13.7. The maximum atomic E-state index is 13.7. The zero-order valence-electron chi connectivity index (χ0n) is 15.3. The lowest BCUT2D eigenvalue weighted by Crippen LogP contribution is -2.43. The standard InChI is InChI=1S/C21H25FN2O2S/c22-18-6-4-5-17(15-18)20(24-10-12-26-13-11-24)16-23-21(25)9-14-27-19-7-2-1-3-8-19/h1-8,15,20H,9-14,16H2,(H,23,25). The third-order valence-electron chi connectivity index (χ3n) is 4.55. The van der Waals surface area contributed by atoms with Gasteiger partial charge in [0.25, 0.3) is 0 Å². The molecule has 0 bridgehead atoms. The molecule has 0 spiro atoms. The van der Waals surface area contributed by atoms with E-state index in [9.17, 15) is 9.18 Å². The van der Waals surface area contributed by atoms with Crippen molar-refractivity contribution >= 4 is 17.7 Å². The average molecular weight is 389 g/mol. The molecule has 1 heterocycles. The van der Waals surface area contributed by atoms with Crippen molar-refractivity contribution in [3.63, 3.8) is 0 Å². The molecule has 0 saturated carbocycles. The Hall–Kier alpha value is -1.89. The Balaban J connectivity index is 1.53. The highest BCUT2D eigenvalue weighted by molar-refractivity contribution is 7.99. The lowest BCUT2D eigenvalue weighted by Gasteiger charge is -2.35. The molecule has 1 N–H and O–H groups in total. The lowest BCUT2D eigenvalue weighted by molar-refractivity contribution is -0.121. The Labute approximate surface area is 164 Å². The number of rotatable bonds is 8. The van der Waals surface area contributed by atoms with Gasteiger partial charge in [-0.2, -0.15) is 0 Å². The Morgan fingerprint density at radius 3 is 2.67 bits per heavy atom. The van der Waals surface area contributed by atoms with Crippen LogP contribution in [0.25, 0.3) is 0 Å². The van der Waals surface area contributed by atoms with E-state index in [1.807, 2.05) is 36.4 Å². The van der Waals surface area contributed by atoms with Crippen LogP contribution in [0.4, 0.5) is 4.39 Å². The number of nitrogens with one attached hydrogen (secondary N) is 1. The molecule has 144 valence electrons. The number of hydrogen-bond acceptors (Lipinski definition) is 4. The second-order valence-electron chi connectivity index (χ2n) is 6.43. The topological polar surface area (TPSA) is 41.6 Å². The first-order chi connectivity index (χ1) is 13.2. The van der Waals surface area contributed by atoms with Gasteiger partial charge < -0.3 is 10.1 Å². The smallest absolute Gasteiger partial charge is 0.220 e. The van der Waals surface area contributed by atoms with Crippen LogP contribution in [0.1, 0.15) is 18.0 Å². The Bertz CT molecular complexity index is 723. The van der Waals surface area contributed by atoms with Gasteiger partial charge in [0.2, 0.25) is 5.91 Å². The van der Waals surface area contributed by atoms with Gasteiger partial charge in [0, 0.05) is 36.7 Å². The third kappa shape index (κ3) is 6.34. The highest BCUT2D eigenvalue weighted by Gasteiger charge is 2.23. The van der Waals surface area contributed by atoms with Gasteiger partial charge in [-0.05, 0) is 29.8 Å². The van der Waals surface area contributed by atoms with Crippen LogP contribution in [-0.4, -0.2) is 49.4 Å². The van der Waals surface area contributed by atoms with E-state index in [-0.39, 0.29) is 17.8 Å². The summed E-state index contributed by atoms with van der Waals surface area (Å²) in [6, 6.07) is 16.6. The predicted molar refractivity (Wildman–Crippen MR) is 106 cm³/mol. The number of carbonyl (C=O) groups excluding carboxylic acids is 1. The lowest BCUT2D eigenvalue weighted by atomic mass is 10.0. The van der Waals surface area contributed by atoms with Gasteiger partial charge in [0.05, 0.1) is 19.3 Å². The summed E-state index contributed by atoms with van der Waals surface area (Å²) in [5.74, 6) is 0.502. The summed E-state index contributed by atoms with van der Waals surface area (Å²) < 4.78 is 19.1. The fraction of sp³-hybridized carbons (Fsp3) is 0.381. The number of carbonyl (C=O) groups is 1. The first-order valence-corrected chi connectivity index (χ1v) is 10.2. The van der Waals surface area contributed by atoms with E-state index in [1.165, 1.54) is 6.07 Å². The maximum Gasteiger partial charge on any atom is 0.220 e. The number of ether oxygens (including phenoxy) is 1. The Kier molecular flexibility index (Phi) is 7.68. The summed E-state index contributed by atoms with van der Waals surface area (Å²) in [6.45, 7) is 3.35. The van der Waals surface area contributed by atoms with E-state index in [0.29, 0.717) is 26.2 Å². The van der Waals surface area contributed by atoms with Gasteiger partial charge in [-0.25, -0.2) is 4.39 Å². The molecule has 27 heavy (non-hydrogen) atoms. The van der Waals surface area contributed by atoms with Crippen LogP contribution < -0.4 is 5.32 Å². The van der Waals surface area contributed by atoms with Crippen molar-refractivity contribution in [1.82, 2.24) is 10.2 Å². The molecule has 1 amide bonds. The van der Waals surface area contributed by atoms with Crippen molar-refractivity contribution in [2.45, 2.75) is 17.4 Å². The van der Waals surface area contributed by atoms with Gasteiger partial charge in [-0.1, -0.05) is 30.3 Å². The first-order valence-electron chi connectivity index (χ1n) is 9.24. The van der Waals surface area contributed by atoms with Crippen molar-refractivity contribution < 1.29 is 13.9 Å². The molecule has 0 aromatic heterocycles. The number of morpholine rings is 1. The quantitative estimate of drug-likeness (QED) is 0.703. The van der Waals surface area contributed by atoms with Crippen molar-refractivity contribution in [2.24, 2.45) is 0 Å². The number of nitrogens with zero attached hydrogens (tertiary/aromatic N) is 1. The molecule has 0 radical (unpaired) electrons. The summed E-state index contributed by atoms with van der Waals surface area (Å²) in [7, 11) is 0. The largest absolute Gasteiger partial charge is 0.379 e. The van der Waals surface area contributed by atoms with Crippen LogP contribution in [0.2, 0.25) is 0 Å². The summed E-state index contributed by atoms with van der Waals surface area (Å²) in [6.07, 6.45) is 0.457. The van der Waals surface area contributed by atoms with Crippen molar-refractivity contribution in [2.75, 3.05) is 38.6 Å². The number of hydrogen-bond donors (Lipinski definition) is 1. The molecule has 1 aliphatic heterocycles. The molecule has 3 rings (SSSR count). The molecule has 1 unspecified atom stereocenters. The molecule has 1 atom stereocenters. The van der Waals surface area contributed by atoms with E-state index in [0.717, 1.165) is 29.3 Å². The highest BCUT2D eigenvalue weighted by Crippen LogP contribution is 2.22. The minimum Gasteiger partial charge on any atom is -0.379 e. The van der Waals surface area contributed by atoms with E-state index >= 15 is 0 Å². The zero-order chi connectivity index (χ0) is 18.9. The van der Waals surface area contributed by atoms with E-state index in [4.69, 9.17) is 4.74 Å². The van der Waals surface area contributed by atoms with E-state index in [1.54, 1.807) is 23.9 Å². The van der Waals surface area contributed by atoms with Crippen LogP contribution in [0.5, 0.6) is 0 Å². The summed E-state index contributed by atoms with van der Waals surface area (Å²) in [5.41, 5.74) is 0.885. The van der Waals surface area contributed by atoms with Crippen molar-refractivity contribution in [3.8, 4) is 0 Å². The molecule has 6 heteroatoms. The zero-order valence-corrected chi connectivity index (χ0v) is 16.1. The van der Waals surface area contributed by atoms with Gasteiger partial charge in [-0.3, -0.25) is 9.69 Å². The van der Waals surface area contributed by atoms with E-state index < -0.39 is 0 Å². The van der Waals surface area contributed by atoms with Crippen LogP contribution in [0, 0.1) is 5.82 Å². The minimum absolute atomic E-state index is 0.0214. The molecule has 2 aromatic rings. The average Bonchev–Trinajstić information content (AvgIpc) is 2.70. The summed E-state index contributed by atoms with van der Waals surface area (Å²) in [4.78, 5) is 15.7.